The van der Waals surface area contributed by atoms with Gasteiger partial charge in [-0.2, -0.15) is 0 Å². The van der Waals surface area contributed by atoms with Crippen molar-refractivity contribution in [1.29, 1.82) is 0 Å². The minimum absolute atomic E-state index is 0.0190. The fraction of sp³-hybridized carbons (Fsp3) is 0.667. The first kappa shape index (κ1) is 23.4. The van der Waals surface area contributed by atoms with Gasteiger partial charge in [-0.3, -0.25) is 4.79 Å². The van der Waals surface area contributed by atoms with Crippen molar-refractivity contribution >= 4 is 12.5 Å². The summed E-state index contributed by atoms with van der Waals surface area (Å²) in [5.41, 5.74) is 3.38. The van der Waals surface area contributed by atoms with Gasteiger partial charge in [-0.25, -0.2) is 4.79 Å². The number of nitrogens with one attached hydrogen (secondary N) is 1. The van der Waals surface area contributed by atoms with Gasteiger partial charge in [0.05, 0.1) is 18.3 Å². The van der Waals surface area contributed by atoms with Crippen molar-refractivity contribution < 1.29 is 23.8 Å². The van der Waals surface area contributed by atoms with Crippen molar-refractivity contribution in [3.63, 3.8) is 0 Å². The highest BCUT2D eigenvalue weighted by atomic mass is 16.6. The van der Waals surface area contributed by atoms with Crippen LogP contribution < -0.4 is 10.1 Å². The fourth-order valence-corrected chi connectivity index (χ4v) is 4.53. The Bertz CT molecular complexity index is 771. The fourth-order valence-electron chi connectivity index (χ4n) is 4.53. The molecule has 1 saturated heterocycles. The number of benzene rings is 1. The smallest absolute Gasteiger partial charge is 0.410 e. The highest BCUT2D eigenvalue weighted by Crippen LogP contribution is 2.41. The number of fused-ring (bicyclic) bond motifs is 1. The third kappa shape index (κ3) is 5.70. The van der Waals surface area contributed by atoms with Gasteiger partial charge in [-0.15, -0.1) is 0 Å². The minimum Gasteiger partial charge on any atom is -0.490 e. The van der Waals surface area contributed by atoms with Crippen molar-refractivity contribution in [2.45, 2.75) is 78.3 Å². The van der Waals surface area contributed by atoms with Gasteiger partial charge in [-0.05, 0) is 64.5 Å². The quantitative estimate of drug-likeness (QED) is 0.664. The van der Waals surface area contributed by atoms with Crippen LogP contribution in [0.25, 0.3) is 0 Å². The maximum Gasteiger partial charge on any atom is 0.410 e. The van der Waals surface area contributed by atoms with Crippen LogP contribution in [0.2, 0.25) is 0 Å². The second-order valence-electron chi connectivity index (χ2n) is 9.10. The first-order valence-corrected chi connectivity index (χ1v) is 11.4. The second kappa shape index (κ2) is 10.4. The average molecular weight is 433 g/mol. The lowest BCUT2D eigenvalue weighted by atomic mass is 9.83. The van der Waals surface area contributed by atoms with E-state index >= 15 is 0 Å². The zero-order valence-corrected chi connectivity index (χ0v) is 19.3. The topological polar surface area (TPSA) is 77.1 Å². The van der Waals surface area contributed by atoms with E-state index in [0.717, 1.165) is 36.1 Å². The summed E-state index contributed by atoms with van der Waals surface area (Å²) in [6, 6.07) is 4.16. The first-order chi connectivity index (χ1) is 14.8. The van der Waals surface area contributed by atoms with Gasteiger partial charge in [-0.1, -0.05) is 12.1 Å². The second-order valence-corrected chi connectivity index (χ2v) is 9.10. The molecule has 2 aliphatic heterocycles. The summed E-state index contributed by atoms with van der Waals surface area (Å²) in [4.78, 5) is 25.0. The molecule has 1 aromatic rings. The third-order valence-electron chi connectivity index (χ3n) is 5.99. The van der Waals surface area contributed by atoms with Gasteiger partial charge in [0.2, 0.25) is 6.41 Å². The van der Waals surface area contributed by atoms with Gasteiger partial charge in [0.15, 0.2) is 0 Å². The van der Waals surface area contributed by atoms with E-state index in [2.05, 4.69) is 24.4 Å². The van der Waals surface area contributed by atoms with Gasteiger partial charge in [0.25, 0.3) is 0 Å². The summed E-state index contributed by atoms with van der Waals surface area (Å²) in [5.74, 6) is 1.28. The SMILES string of the molecule is Cc1ccc2c(c1OC(C)C)C[C@@H](C1CCN(C(=O)OC(C)C)CC1)O[C@H]2CNC=O. The Morgan fingerprint density at radius 1 is 1.23 bits per heavy atom. The monoisotopic (exact) mass is 432 g/mol. The predicted octanol–water partition coefficient (Wildman–Crippen LogP) is 3.77. The molecule has 1 N–H and O–H groups in total. The Hall–Kier alpha value is -2.28. The van der Waals surface area contributed by atoms with E-state index < -0.39 is 0 Å². The van der Waals surface area contributed by atoms with E-state index in [1.165, 1.54) is 5.56 Å². The molecule has 0 aromatic heterocycles. The molecule has 2 atom stereocenters. The van der Waals surface area contributed by atoms with Crippen LogP contribution in [-0.4, -0.2) is 55.3 Å². The number of hydrogen-bond donors (Lipinski definition) is 1. The number of nitrogens with zero attached hydrogens (tertiary/aromatic N) is 1. The summed E-state index contributed by atoms with van der Waals surface area (Å²) >= 11 is 0. The molecule has 0 unspecified atom stereocenters. The zero-order valence-electron chi connectivity index (χ0n) is 19.3. The molecule has 0 aliphatic carbocycles. The molecule has 7 heteroatoms. The number of aryl methyl sites for hydroxylation is 1. The van der Waals surface area contributed by atoms with Crippen molar-refractivity contribution in [3.8, 4) is 5.75 Å². The molecule has 2 aliphatic rings. The van der Waals surface area contributed by atoms with E-state index in [9.17, 15) is 9.59 Å². The number of carbonyl (C=O) groups excluding carboxylic acids is 2. The molecule has 172 valence electrons. The van der Waals surface area contributed by atoms with E-state index in [4.69, 9.17) is 14.2 Å². The summed E-state index contributed by atoms with van der Waals surface area (Å²) in [6.45, 7) is 11.6. The highest BCUT2D eigenvalue weighted by Gasteiger charge is 2.37. The van der Waals surface area contributed by atoms with Crippen molar-refractivity contribution in [3.05, 3.63) is 28.8 Å². The van der Waals surface area contributed by atoms with Crippen LogP contribution in [-0.2, 0) is 20.7 Å². The van der Waals surface area contributed by atoms with E-state index in [1.54, 1.807) is 4.90 Å². The molecule has 1 aromatic carbocycles. The lowest BCUT2D eigenvalue weighted by Gasteiger charge is -2.41. The van der Waals surface area contributed by atoms with Crippen LogP contribution in [0.3, 0.4) is 0 Å². The number of hydrogen-bond acceptors (Lipinski definition) is 5. The zero-order chi connectivity index (χ0) is 22.5. The lowest BCUT2D eigenvalue weighted by molar-refractivity contribution is -0.111. The average Bonchev–Trinajstić information content (AvgIpc) is 2.73. The Balaban J connectivity index is 1.78. The number of amides is 2. The van der Waals surface area contributed by atoms with Crippen LogP contribution >= 0.6 is 0 Å². The van der Waals surface area contributed by atoms with Crippen LogP contribution in [0, 0.1) is 12.8 Å². The van der Waals surface area contributed by atoms with E-state index in [-0.39, 0.29) is 30.5 Å². The Labute approximate surface area is 185 Å². The minimum atomic E-state index is -0.236. The predicted molar refractivity (Wildman–Crippen MR) is 118 cm³/mol. The van der Waals surface area contributed by atoms with Crippen molar-refractivity contribution in [2.24, 2.45) is 5.92 Å². The number of piperidine rings is 1. The molecule has 0 radical (unpaired) electrons. The standard InChI is InChI=1S/C24H36N2O5/c1-15(2)29-23-17(5)6-7-19-20(23)12-21(31-22(19)13-25-14-27)18-8-10-26(11-9-18)24(28)30-16(3)4/h6-7,14-16,18,21-22H,8-13H2,1-5H3,(H,25,27)/t21-,22-/m0/s1. The maximum atomic E-state index is 12.2. The normalized spacial score (nSPS) is 21.7. The Kier molecular flexibility index (Phi) is 7.81. The van der Waals surface area contributed by atoms with Crippen molar-refractivity contribution in [2.75, 3.05) is 19.6 Å². The molecule has 2 heterocycles. The summed E-state index contributed by atoms with van der Waals surface area (Å²) in [6.07, 6.45) is 2.76. The van der Waals surface area contributed by atoms with Crippen LogP contribution in [0.5, 0.6) is 5.75 Å². The van der Waals surface area contributed by atoms with E-state index in [0.29, 0.717) is 32.0 Å². The van der Waals surface area contributed by atoms with Gasteiger partial charge >= 0.3 is 6.09 Å². The molecular weight excluding hydrogens is 396 g/mol. The number of rotatable bonds is 7. The Morgan fingerprint density at radius 2 is 1.94 bits per heavy atom. The maximum absolute atomic E-state index is 12.2. The molecule has 0 spiro atoms. The number of likely N-dealkylation sites (tertiary alicyclic amines) is 1. The molecule has 2 amide bonds. The lowest BCUT2D eigenvalue weighted by Crippen LogP contribution is -2.45. The largest absolute Gasteiger partial charge is 0.490 e. The van der Waals surface area contributed by atoms with Crippen LogP contribution in [0.15, 0.2) is 12.1 Å². The van der Waals surface area contributed by atoms with Crippen molar-refractivity contribution in [1.82, 2.24) is 10.2 Å². The summed E-state index contributed by atoms with van der Waals surface area (Å²) in [7, 11) is 0. The van der Waals surface area contributed by atoms with Crippen LogP contribution in [0.1, 0.15) is 63.3 Å². The first-order valence-electron chi connectivity index (χ1n) is 11.4. The number of ether oxygens (including phenoxy) is 3. The molecule has 7 nitrogen and oxygen atoms in total. The molecule has 0 saturated carbocycles. The molecule has 1 fully saturated rings. The molecule has 3 rings (SSSR count). The number of carbonyl (C=O) groups is 2. The van der Waals surface area contributed by atoms with Gasteiger partial charge in [0.1, 0.15) is 11.9 Å². The Morgan fingerprint density at radius 3 is 2.55 bits per heavy atom. The molecule has 0 bridgehead atoms. The van der Waals surface area contributed by atoms with Gasteiger partial charge < -0.3 is 24.4 Å². The summed E-state index contributed by atoms with van der Waals surface area (Å²) < 4.78 is 18.0. The van der Waals surface area contributed by atoms with Crippen LogP contribution in [0.4, 0.5) is 4.79 Å². The molecule has 31 heavy (non-hydrogen) atoms. The molecular formula is C24H36N2O5. The highest BCUT2D eigenvalue weighted by molar-refractivity contribution is 5.67. The van der Waals surface area contributed by atoms with E-state index in [1.807, 2.05) is 27.7 Å². The summed E-state index contributed by atoms with van der Waals surface area (Å²) in [5, 5.41) is 2.78. The van der Waals surface area contributed by atoms with Gasteiger partial charge in [0, 0.05) is 31.6 Å². The third-order valence-corrected chi connectivity index (χ3v) is 5.99.